The third kappa shape index (κ3) is 5.40. The standard InChI is InChI=1S/C13H21NO5S/c1-9(7-12(16)17)20-8-11(15)14-5-3-10(4-6-14)13(18)19-2/h9-10H,3-8H2,1-2H3,(H,16,17). The topological polar surface area (TPSA) is 83.9 Å². The maximum absolute atomic E-state index is 12.0. The summed E-state index contributed by atoms with van der Waals surface area (Å²) >= 11 is 1.35. The molecule has 1 aliphatic rings. The molecule has 6 nitrogen and oxygen atoms in total. The summed E-state index contributed by atoms with van der Waals surface area (Å²) in [6.07, 6.45) is 1.32. The first-order valence-electron chi connectivity index (χ1n) is 6.63. The first-order valence-corrected chi connectivity index (χ1v) is 7.68. The van der Waals surface area contributed by atoms with E-state index in [0.717, 1.165) is 0 Å². The lowest BCUT2D eigenvalue weighted by atomic mass is 9.97. The first-order chi connectivity index (χ1) is 9.43. The summed E-state index contributed by atoms with van der Waals surface area (Å²) in [7, 11) is 1.38. The van der Waals surface area contributed by atoms with Crippen LogP contribution in [0, 0.1) is 5.92 Å². The van der Waals surface area contributed by atoms with Crippen molar-refractivity contribution in [2.24, 2.45) is 5.92 Å². The highest BCUT2D eigenvalue weighted by Crippen LogP contribution is 2.20. The number of nitrogens with zero attached hydrogens (tertiary/aromatic N) is 1. The molecule has 1 amide bonds. The van der Waals surface area contributed by atoms with Crippen LogP contribution in [0.3, 0.4) is 0 Å². The molecule has 0 aromatic rings. The van der Waals surface area contributed by atoms with Gasteiger partial charge in [0, 0.05) is 18.3 Å². The molecule has 1 fully saturated rings. The second kappa shape index (κ2) is 8.14. The molecule has 114 valence electrons. The number of rotatable bonds is 6. The predicted molar refractivity (Wildman–Crippen MR) is 75.5 cm³/mol. The van der Waals surface area contributed by atoms with Crippen molar-refractivity contribution in [2.45, 2.75) is 31.4 Å². The summed E-state index contributed by atoms with van der Waals surface area (Å²) in [5.74, 6) is -0.867. The molecule has 0 aromatic heterocycles. The van der Waals surface area contributed by atoms with E-state index in [9.17, 15) is 14.4 Å². The van der Waals surface area contributed by atoms with E-state index in [4.69, 9.17) is 9.84 Å². The lowest BCUT2D eigenvalue weighted by molar-refractivity contribution is -0.148. The second-order valence-corrected chi connectivity index (χ2v) is 6.32. The number of likely N-dealkylation sites (tertiary alicyclic amines) is 1. The molecule has 1 heterocycles. The van der Waals surface area contributed by atoms with E-state index < -0.39 is 5.97 Å². The van der Waals surface area contributed by atoms with Gasteiger partial charge >= 0.3 is 11.9 Å². The molecule has 1 saturated heterocycles. The predicted octanol–water partition coefficient (Wildman–Crippen LogP) is 0.994. The van der Waals surface area contributed by atoms with Crippen molar-refractivity contribution in [1.29, 1.82) is 0 Å². The molecule has 1 aliphatic heterocycles. The van der Waals surface area contributed by atoms with Gasteiger partial charge in [0.1, 0.15) is 0 Å². The number of thioether (sulfide) groups is 1. The largest absolute Gasteiger partial charge is 0.481 e. The van der Waals surface area contributed by atoms with E-state index in [1.165, 1.54) is 18.9 Å². The Hall–Kier alpha value is -1.24. The van der Waals surface area contributed by atoms with Crippen LogP contribution in [0.1, 0.15) is 26.2 Å². The second-order valence-electron chi connectivity index (χ2n) is 4.90. The summed E-state index contributed by atoms with van der Waals surface area (Å²) in [4.78, 5) is 35.6. The van der Waals surface area contributed by atoms with E-state index in [-0.39, 0.29) is 35.2 Å². The molecule has 0 radical (unpaired) electrons. The zero-order chi connectivity index (χ0) is 15.1. The quantitative estimate of drug-likeness (QED) is 0.737. The minimum atomic E-state index is -0.851. The molecule has 0 aromatic carbocycles. The molecular formula is C13H21NO5S. The minimum absolute atomic E-state index is 0.00977. The molecule has 0 aliphatic carbocycles. The summed E-state index contributed by atoms with van der Waals surface area (Å²) in [5.41, 5.74) is 0. The Morgan fingerprint density at radius 2 is 1.95 bits per heavy atom. The maximum atomic E-state index is 12.0. The Morgan fingerprint density at radius 3 is 2.45 bits per heavy atom. The van der Waals surface area contributed by atoms with Gasteiger partial charge in [-0.1, -0.05) is 6.92 Å². The van der Waals surface area contributed by atoms with Crippen LogP contribution in [0.25, 0.3) is 0 Å². The number of ether oxygens (including phenoxy) is 1. The fourth-order valence-electron chi connectivity index (χ4n) is 2.14. The van der Waals surface area contributed by atoms with Crippen molar-refractivity contribution in [2.75, 3.05) is 26.0 Å². The van der Waals surface area contributed by atoms with Gasteiger partial charge in [-0.25, -0.2) is 0 Å². The van der Waals surface area contributed by atoms with E-state index in [0.29, 0.717) is 25.9 Å². The van der Waals surface area contributed by atoms with Gasteiger partial charge in [0.25, 0.3) is 0 Å². The highest BCUT2D eigenvalue weighted by molar-refractivity contribution is 8.00. The normalized spacial score (nSPS) is 17.6. The third-order valence-corrected chi connectivity index (χ3v) is 4.48. The molecule has 0 spiro atoms. The maximum Gasteiger partial charge on any atom is 0.308 e. The van der Waals surface area contributed by atoms with Gasteiger partial charge in [-0.05, 0) is 12.8 Å². The molecule has 1 atom stereocenters. The van der Waals surface area contributed by atoms with Crippen molar-refractivity contribution >= 4 is 29.6 Å². The third-order valence-electron chi connectivity index (χ3n) is 3.34. The van der Waals surface area contributed by atoms with Gasteiger partial charge < -0.3 is 14.7 Å². The van der Waals surface area contributed by atoms with Crippen molar-refractivity contribution in [1.82, 2.24) is 4.90 Å². The lowest BCUT2D eigenvalue weighted by Gasteiger charge is -2.30. The van der Waals surface area contributed by atoms with Crippen LogP contribution < -0.4 is 0 Å². The van der Waals surface area contributed by atoms with Gasteiger partial charge in [0.05, 0.1) is 25.2 Å². The van der Waals surface area contributed by atoms with Crippen LogP contribution in [0.2, 0.25) is 0 Å². The van der Waals surface area contributed by atoms with Gasteiger partial charge in [-0.3, -0.25) is 14.4 Å². The fraction of sp³-hybridized carbons (Fsp3) is 0.769. The molecular weight excluding hydrogens is 282 g/mol. The summed E-state index contributed by atoms with van der Waals surface area (Å²) in [5, 5.41) is 8.57. The molecule has 1 N–H and O–H groups in total. The van der Waals surface area contributed by atoms with E-state index in [1.54, 1.807) is 11.8 Å². The first kappa shape index (κ1) is 16.8. The number of carbonyl (C=O) groups is 3. The van der Waals surface area contributed by atoms with Crippen LogP contribution in [0.4, 0.5) is 0 Å². The minimum Gasteiger partial charge on any atom is -0.481 e. The number of aliphatic carboxylic acids is 1. The Bertz CT molecular complexity index is 366. The number of carbonyl (C=O) groups excluding carboxylic acids is 2. The number of hydrogen-bond acceptors (Lipinski definition) is 5. The molecule has 20 heavy (non-hydrogen) atoms. The Balaban J connectivity index is 2.29. The average molecular weight is 303 g/mol. The number of esters is 1. The number of hydrogen-bond donors (Lipinski definition) is 1. The molecule has 7 heteroatoms. The SMILES string of the molecule is COC(=O)C1CCN(C(=O)CSC(C)CC(=O)O)CC1. The number of amides is 1. The Morgan fingerprint density at radius 1 is 1.35 bits per heavy atom. The van der Waals surface area contributed by atoms with Gasteiger partial charge in [-0.15, -0.1) is 11.8 Å². The highest BCUT2D eigenvalue weighted by atomic mass is 32.2. The Kier molecular flexibility index (Phi) is 6.84. The highest BCUT2D eigenvalue weighted by Gasteiger charge is 2.27. The number of carboxylic acid groups (broad SMARTS) is 1. The average Bonchev–Trinajstić information content (AvgIpc) is 2.43. The summed E-state index contributed by atoms with van der Waals surface area (Å²) < 4.78 is 4.70. The zero-order valence-electron chi connectivity index (χ0n) is 11.8. The van der Waals surface area contributed by atoms with Crippen LogP contribution in [0.5, 0.6) is 0 Å². The zero-order valence-corrected chi connectivity index (χ0v) is 12.6. The molecule has 0 bridgehead atoms. The van der Waals surface area contributed by atoms with Gasteiger partial charge in [-0.2, -0.15) is 0 Å². The molecule has 0 saturated carbocycles. The smallest absolute Gasteiger partial charge is 0.308 e. The van der Waals surface area contributed by atoms with Crippen molar-refractivity contribution in [3.8, 4) is 0 Å². The number of carboxylic acids is 1. The van der Waals surface area contributed by atoms with E-state index in [1.807, 2.05) is 0 Å². The lowest BCUT2D eigenvalue weighted by Crippen LogP contribution is -2.41. The Labute approximate surface area is 122 Å². The monoisotopic (exact) mass is 303 g/mol. The number of piperidine rings is 1. The van der Waals surface area contributed by atoms with Crippen LogP contribution in [-0.4, -0.2) is 59.1 Å². The van der Waals surface area contributed by atoms with Crippen LogP contribution >= 0.6 is 11.8 Å². The van der Waals surface area contributed by atoms with E-state index >= 15 is 0 Å². The van der Waals surface area contributed by atoms with Crippen molar-refractivity contribution in [3.63, 3.8) is 0 Å². The van der Waals surface area contributed by atoms with E-state index in [2.05, 4.69) is 0 Å². The van der Waals surface area contributed by atoms with Crippen molar-refractivity contribution < 1.29 is 24.2 Å². The van der Waals surface area contributed by atoms with Gasteiger partial charge in [0.15, 0.2) is 0 Å². The summed E-state index contributed by atoms with van der Waals surface area (Å²) in [6.45, 7) is 2.93. The van der Waals surface area contributed by atoms with Gasteiger partial charge in [0.2, 0.25) is 5.91 Å². The summed E-state index contributed by atoms with van der Waals surface area (Å²) in [6, 6.07) is 0. The number of methoxy groups -OCH3 is 1. The molecule has 1 rings (SSSR count). The van der Waals surface area contributed by atoms with Crippen LogP contribution in [-0.2, 0) is 19.1 Å². The molecule has 1 unspecified atom stereocenters. The van der Waals surface area contributed by atoms with Crippen molar-refractivity contribution in [3.05, 3.63) is 0 Å². The fourth-order valence-corrected chi connectivity index (χ4v) is 3.01. The van der Waals surface area contributed by atoms with Crippen LogP contribution in [0.15, 0.2) is 0 Å².